The van der Waals surface area contributed by atoms with Gasteiger partial charge in [0.05, 0.1) is 16.8 Å². The fourth-order valence-corrected chi connectivity index (χ4v) is 2.75. The molecule has 0 saturated carbocycles. The zero-order valence-corrected chi connectivity index (χ0v) is 13.1. The van der Waals surface area contributed by atoms with Gasteiger partial charge in [-0.05, 0) is 31.9 Å². The van der Waals surface area contributed by atoms with Gasteiger partial charge in [0, 0.05) is 13.2 Å². The first kappa shape index (κ1) is 13.7. The molecule has 0 aliphatic rings. The zero-order chi connectivity index (χ0) is 13.3. The van der Waals surface area contributed by atoms with Crippen molar-refractivity contribution in [3.8, 4) is 10.8 Å². The van der Waals surface area contributed by atoms with E-state index in [1.165, 1.54) is 7.11 Å². The number of hydrogen-bond acceptors (Lipinski definition) is 5. The predicted molar refractivity (Wildman–Crippen MR) is 72.9 cm³/mol. The van der Waals surface area contributed by atoms with Crippen molar-refractivity contribution < 1.29 is 19.1 Å². The molecular weight excluding hydrogens is 390 g/mol. The highest BCUT2D eigenvalue weighted by Crippen LogP contribution is 2.35. The Labute approximate surface area is 123 Å². The van der Waals surface area contributed by atoms with Crippen LogP contribution in [-0.2, 0) is 11.3 Å². The Balaban J connectivity index is 2.45. The van der Waals surface area contributed by atoms with Gasteiger partial charge in [-0.2, -0.15) is 0 Å². The molecule has 0 aromatic carbocycles. The minimum atomic E-state index is -1.02. The molecule has 0 aliphatic heterocycles. The lowest BCUT2D eigenvalue weighted by molar-refractivity contribution is 0.0697. The zero-order valence-electron chi connectivity index (χ0n) is 9.07. The van der Waals surface area contributed by atoms with Crippen LogP contribution >= 0.6 is 43.2 Å². The van der Waals surface area contributed by atoms with Crippen molar-refractivity contribution in [3.63, 3.8) is 0 Å². The lowest BCUT2D eigenvalue weighted by atomic mass is 10.4. The standard InChI is InChI=1S/C10H7Br2NO4S/c1-16-3-5-7(10(14)15)18-9(13-5)6-2-4(11)8(12)17-6/h2H,3H2,1H3,(H,14,15). The summed E-state index contributed by atoms with van der Waals surface area (Å²) in [6, 6.07) is 1.73. The van der Waals surface area contributed by atoms with Crippen molar-refractivity contribution in [2.45, 2.75) is 6.61 Å². The van der Waals surface area contributed by atoms with Crippen molar-refractivity contribution >= 4 is 49.2 Å². The van der Waals surface area contributed by atoms with Crippen LogP contribution in [-0.4, -0.2) is 23.2 Å². The summed E-state index contributed by atoms with van der Waals surface area (Å²) < 4.78 is 11.6. The molecular formula is C10H7Br2NO4S. The van der Waals surface area contributed by atoms with Crippen molar-refractivity contribution in [3.05, 3.63) is 25.8 Å². The third-order valence-corrected chi connectivity index (χ3v) is 4.84. The molecule has 0 saturated heterocycles. The maximum atomic E-state index is 11.1. The molecule has 0 unspecified atom stereocenters. The van der Waals surface area contributed by atoms with Crippen LogP contribution < -0.4 is 0 Å². The lowest BCUT2D eigenvalue weighted by Crippen LogP contribution is -1.99. The van der Waals surface area contributed by atoms with Crippen LogP contribution in [0.3, 0.4) is 0 Å². The Hall–Kier alpha value is -0.700. The van der Waals surface area contributed by atoms with Gasteiger partial charge >= 0.3 is 5.97 Å². The second-order valence-corrected chi connectivity index (χ2v) is 5.84. The number of methoxy groups -OCH3 is 1. The normalized spacial score (nSPS) is 10.8. The number of thiazole rings is 1. The molecule has 8 heteroatoms. The topological polar surface area (TPSA) is 72.6 Å². The van der Waals surface area contributed by atoms with Crippen LogP contribution in [0.15, 0.2) is 19.6 Å². The Kier molecular flexibility index (Phi) is 4.21. The fourth-order valence-electron chi connectivity index (χ4n) is 1.31. The third kappa shape index (κ3) is 2.66. The van der Waals surface area contributed by atoms with Gasteiger partial charge in [0.2, 0.25) is 0 Å². The lowest BCUT2D eigenvalue weighted by Gasteiger charge is -1.94. The van der Waals surface area contributed by atoms with Crippen molar-refractivity contribution in [2.24, 2.45) is 0 Å². The first-order valence-electron chi connectivity index (χ1n) is 4.70. The van der Waals surface area contributed by atoms with E-state index < -0.39 is 5.97 Å². The molecule has 0 bridgehead atoms. The van der Waals surface area contributed by atoms with Gasteiger partial charge in [0.25, 0.3) is 0 Å². The Morgan fingerprint density at radius 3 is 2.83 bits per heavy atom. The van der Waals surface area contributed by atoms with E-state index in [4.69, 9.17) is 14.3 Å². The Morgan fingerprint density at radius 1 is 1.61 bits per heavy atom. The summed E-state index contributed by atoms with van der Waals surface area (Å²) >= 11 is 7.57. The summed E-state index contributed by atoms with van der Waals surface area (Å²) in [5.41, 5.74) is 0.397. The van der Waals surface area contributed by atoms with Crippen LogP contribution in [0.4, 0.5) is 0 Å². The number of nitrogens with zero attached hydrogens (tertiary/aromatic N) is 1. The SMILES string of the molecule is COCc1nc(-c2cc(Br)c(Br)o2)sc1C(=O)O. The quantitative estimate of drug-likeness (QED) is 0.851. The van der Waals surface area contributed by atoms with E-state index in [1.54, 1.807) is 6.07 Å². The summed E-state index contributed by atoms with van der Waals surface area (Å²) in [5, 5.41) is 9.58. The molecule has 2 aromatic rings. The summed E-state index contributed by atoms with van der Waals surface area (Å²) in [7, 11) is 1.49. The number of furan rings is 1. The van der Waals surface area contributed by atoms with E-state index in [1.807, 2.05) is 0 Å². The highest BCUT2D eigenvalue weighted by Gasteiger charge is 2.20. The molecule has 0 fully saturated rings. The summed E-state index contributed by atoms with van der Waals surface area (Å²) in [4.78, 5) is 15.5. The smallest absolute Gasteiger partial charge is 0.347 e. The van der Waals surface area contributed by atoms with Gasteiger partial charge < -0.3 is 14.3 Å². The van der Waals surface area contributed by atoms with Gasteiger partial charge in [-0.1, -0.05) is 0 Å². The molecule has 18 heavy (non-hydrogen) atoms. The first-order valence-corrected chi connectivity index (χ1v) is 7.10. The van der Waals surface area contributed by atoms with Crippen molar-refractivity contribution in [2.75, 3.05) is 7.11 Å². The molecule has 0 spiro atoms. The summed E-state index contributed by atoms with van der Waals surface area (Å²) in [5.74, 6) is -0.515. The second kappa shape index (κ2) is 5.52. The number of hydrogen-bond donors (Lipinski definition) is 1. The van der Waals surface area contributed by atoms with E-state index in [0.717, 1.165) is 15.8 Å². The molecule has 2 heterocycles. The molecule has 0 atom stereocenters. The monoisotopic (exact) mass is 395 g/mol. The number of rotatable bonds is 4. The van der Waals surface area contributed by atoms with E-state index in [0.29, 0.717) is 21.1 Å². The van der Waals surface area contributed by atoms with Gasteiger partial charge in [-0.25, -0.2) is 9.78 Å². The first-order chi connectivity index (χ1) is 8.52. The predicted octanol–water partition coefficient (Wildman–Crippen LogP) is 3.77. The number of carboxylic acid groups (broad SMARTS) is 1. The van der Waals surface area contributed by atoms with Gasteiger partial charge in [0.1, 0.15) is 4.88 Å². The summed E-state index contributed by atoms with van der Waals surface area (Å²) in [6.45, 7) is 0.154. The molecule has 96 valence electrons. The fraction of sp³-hybridized carbons (Fsp3) is 0.200. The average molecular weight is 397 g/mol. The van der Waals surface area contributed by atoms with E-state index >= 15 is 0 Å². The van der Waals surface area contributed by atoms with Crippen LogP contribution in [0.25, 0.3) is 10.8 Å². The van der Waals surface area contributed by atoms with E-state index in [9.17, 15) is 4.79 Å². The van der Waals surface area contributed by atoms with Crippen LogP contribution in [0.2, 0.25) is 0 Å². The van der Waals surface area contributed by atoms with E-state index in [2.05, 4.69) is 36.8 Å². The van der Waals surface area contributed by atoms with Gasteiger partial charge in [-0.3, -0.25) is 0 Å². The third-order valence-electron chi connectivity index (χ3n) is 2.03. The van der Waals surface area contributed by atoms with Crippen LogP contribution in [0, 0.1) is 0 Å². The summed E-state index contributed by atoms with van der Waals surface area (Å²) in [6.07, 6.45) is 0. The molecule has 2 aromatic heterocycles. The highest BCUT2D eigenvalue weighted by molar-refractivity contribution is 9.13. The molecule has 0 radical (unpaired) electrons. The van der Waals surface area contributed by atoms with Crippen molar-refractivity contribution in [1.82, 2.24) is 4.98 Å². The van der Waals surface area contributed by atoms with Crippen LogP contribution in [0.1, 0.15) is 15.4 Å². The number of aromatic carboxylic acids is 1. The number of carboxylic acids is 1. The van der Waals surface area contributed by atoms with Gasteiger partial charge in [0.15, 0.2) is 15.4 Å². The number of aromatic nitrogens is 1. The second-order valence-electron chi connectivity index (χ2n) is 3.27. The molecule has 0 aliphatic carbocycles. The molecule has 1 N–H and O–H groups in total. The Bertz CT molecular complexity index is 573. The van der Waals surface area contributed by atoms with Gasteiger partial charge in [-0.15, -0.1) is 11.3 Å². The number of halogens is 2. The maximum absolute atomic E-state index is 11.1. The average Bonchev–Trinajstić information content (AvgIpc) is 2.85. The largest absolute Gasteiger partial charge is 0.477 e. The van der Waals surface area contributed by atoms with Crippen molar-refractivity contribution in [1.29, 1.82) is 0 Å². The minimum absolute atomic E-state index is 0.154. The maximum Gasteiger partial charge on any atom is 0.347 e. The van der Waals surface area contributed by atoms with Crippen LogP contribution in [0.5, 0.6) is 0 Å². The van der Waals surface area contributed by atoms with E-state index in [-0.39, 0.29) is 11.5 Å². The minimum Gasteiger partial charge on any atom is -0.477 e. The molecule has 5 nitrogen and oxygen atoms in total. The number of ether oxygens (including phenoxy) is 1. The molecule has 0 amide bonds. The molecule has 2 rings (SSSR count). The highest BCUT2D eigenvalue weighted by atomic mass is 79.9. The number of carbonyl (C=O) groups is 1. The Morgan fingerprint density at radius 2 is 2.33 bits per heavy atom.